The minimum atomic E-state index is -2.35. The van der Waals surface area contributed by atoms with E-state index in [2.05, 4.69) is 13.8 Å². The van der Waals surface area contributed by atoms with E-state index in [0.717, 1.165) is 19.3 Å². The summed E-state index contributed by atoms with van der Waals surface area (Å²) < 4.78 is 35.7. The average Bonchev–Trinajstić information content (AvgIpc) is 2.85. The highest BCUT2D eigenvalue weighted by molar-refractivity contribution is 5.90. The van der Waals surface area contributed by atoms with Crippen LogP contribution in [0.4, 0.5) is 8.78 Å². The van der Waals surface area contributed by atoms with E-state index in [9.17, 15) is 4.79 Å². The molecule has 0 aromatic heterocycles. The van der Waals surface area contributed by atoms with Crippen molar-refractivity contribution >= 4 is 5.91 Å². The van der Waals surface area contributed by atoms with Gasteiger partial charge in [-0.2, -0.15) is 0 Å². The van der Waals surface area contributed by atoms with Gasteiger partial charge >= 0.3 is 0 Å². The molecule has 0 aromatic rings. The Morgan fingerprint density at radius 1 is 1.22 bits per heavy atom. The van der Waals surface area contributed by atoms with Crippen LogP contribution in [0.5, 0.6) is 0 Å². The third-order valence-electron chi connectivity index (χ3n) is 5.54. The highest BCUT2D eigenvalue weighted by Gasteiger charge is 2.70. The number of carbonyl (C=O) groups excluding carboxylic acids is 1. The Balaban J connectivity index is 1.63. The molecule has 132 valence electrons. The molecule has 0 saturated carbocycles. The van der Waals surface area contributed by atoms with Crippen LogP contribution < -0.4 is 0 Å². The van der Waals surface area contributed by atoms with Crippen molar-refractivity contribution < 1.29 is 18.3 Å². The first-order valence-electron chi connectivity index (χ1n) is 8.81. The Bertz CT molecular complexity index is 456. The van der Waals surface area contributed by atoms with Gasteiger partial charge in [-0.05, 0) is 37.6 Å². The van der Waals surface area contributed by atoms with Gasteiger partial charge in [0.2, 0.25) is 5.67 Å². The summed E-state index contributed by atoms with van der Waals surface area (Å²) in [7, 11) is 0. The van der Waals surface area contributed by atoms with Gasteiger partial charge in [-0.15, -0.1) is 0 Å². The molecule has 0 N–H and O–H groups in total. The van der Waals surface area contributed by atoms with Gasteiger partial charge < -0.3 is 9.64 Å². The molecule has 2 atom stereocenters. The summed E-state index contributed by atoms with van der Waals surface area (Å²) in [5.74, 6) is 0.150. The zero-order chi connectivity index (χ0) is 16.7. The van der Waals surface area contributed by atoms with E-state index in [1.165, 1.54) is 4.90 Å². The Morgan fingerprint density at radius 2 is 1.91 bits per heavy atom. The van der Waals surface area contributed by atoms with Gasteiger partial charge in [0.05, 0.1) is 6.54 Å². The summed E-state index contributed by atoms with van der Waals surface area (Å²) in [6, 6.07) is 0. The fourth-order valence-corrected chi connectivity index (χ4v) is 4.03. The Hall–Kier alpha value is -0.750. The van der Waals surface area contributed by atoms with Crippen LogP contribution in [0.2, 0.25) is 0 Å². The molecule has 4 nitrogen and oxygen atoms in total. The molecule has 3 rings (SSSR count). The quantitative estimate of drug-likeness (QED) is 0.773. The lowest BCUT2D eigenvalue weighted by molar-refractivity contribution is -0.140. The van der Waals surface area contributed by atoms with Crippen LogP contribution in [0.15, 0.2) is 0 Å². The van der Waals surface area contributed by atoms with E-state index in [-0.39, 0.29) is 19.6 Å². The van der Waals surface area contributed by atoms with E-state index >= 15 is 8.78 Å². The Labute approximate surface area is 137 Å². The number of halogens is 2. The molecule has 6 heteroatoms. The van der Waals surface area contributed by atoms with Crippen molar-refractivity contribution in [2.24, 2.45) is 11.8 Å². The first kappa shape index (κ1) is 17.1. The number of carbonyl (C=O) groups is 1. The van der Waals surface area contributed by atoms with Crippen molar-refractivity contribution in [1.29, 1.82) is 0 Å². The molecular weight excluding hydrogens is 302 g/mol. The van der Waals surface area contributed by atoms with Crippen molar-refractivity contribution in [1.82, 2.24) is 9.80 Å². The van der Waals surface area contributed by atoms with Crippen molar-refractivity contribution in [2.45, 2.75) is 44.4 Å². The minimum absolute atomic E-state index is 0.0340. The number of hydrogen-bond donors (Lipinski definition) is 0. The molecule has 0 unspecified atom stereocenters. The van der Waals surface area contributed by atoms with Crippen molar-refractivity contribution in [2.75, 3.05) is 45.9 Å². The summed E-state index contributed by atoms with van der Waals surface area (Å²) in [5, 5.41) is 0. The molecule has 23 heavy (non-hydrogen) atoms. The summed E-state index contributed by atoms with van der Waals surface area (Å²) in [6.07, 6.45) is 2.62. The minimum Gasteiger partial charge on any atom is -0.381 e. The maximum Gasteiger partial charge on any atom is 0.265 e. The van der Waals surface area contributed by atoms with E-state index in [1.807, 2.05) is 0 Å². The topological polar surface area (TPSA) is 32.8 Å². The number of amides is 1. The molecule has 0 spiro atoms. The van der Waals surface area contributed by atoms with Crippen LogP contribution in [0.3, 0.4) is 0 Å². The third-order valence-corrected chi connectivity index (χ3v) is 5.54. The maximum absolute atomic E-state index is 15.2. The zero-order valence-electron chi connectivity index (χ0n) is 14.2. The normalized spacial score (nSPS) is 36.2. The van der Waals surface area contributed by atoms with Crippen LogP contribution in [0.25, 0.3) is 0 Å². The fraction of sp³-hybridized carbons (Fsp3) is 0.941. The second-order valence-electron chi connectivity index (χ2n) is 7.90. The fourth-order valence-electron chi connectivity index (χ4n) is 4.03. The molecule has 0 aromatic carbocycles. The van der Waals surface area contributed by atoms with Crippen LogP contribution >= 0.6 is 0 Å². The number of alkyl halides is 2. The molecule has 3 aliphatic rings. The van der Waals surface area contributed by atoms with Crippen LogP contribution in [0, 0.1) is 11.8 Å². The number of hydrogen-bond acceptors (Lipinski definition) is 3. The smallest absolute Gasteiger partial charge is 0.265 e. The standard InChI is InChI=1S/C17H28F2N2O2/c1-13(2)3-6-20-10-16(18)11-21(15(22)17(16,19)12-20)9-14-4-7-23-8-5-14/h13-14H,3-12H2,1-2H3/t16-,17+/m1/s1. The number of rotatable bonds is 5. The van der Waals surface area contributed by atoms with E-state index in [4.69, 9.17) is 4.74 Å². The summed E-state index contributed by atoms with van der Waals surface area (Å²) in [6.45, 7) is 6.49. The van der Waals surface area contributed by atoms with Crippen LogP contribution in [-0.4, -0.2) is 73.0 Å². The predicted octanol–water partition coefficient (Wildman–Crippen LogP) is 2.03. The Morgan fingerprint density at radius 3 is 2.52 bits per heavy atom. The second kappa shape index (κ2) is 6.28. The molecule has 0 bridgehead atoms. The number of likely N-dealkylation sites (tertiary alicyclic amines) is 2. The summed E-state index contributed by atoms with van der Waals surface area (Å²) >= 11 is 0. The first-order valence-corrected chi connectivity index (χ1v) is 8.81. The van der Waals surface area contributed by atoms with E-state index in [0.29, 0.717) is 38.1 Å². The van der Waals surface area contributed by atoms with Gasteiger partial charge in [0.25, 0.3) is 5.91 Å². The van der Waals surface area contributed by atoms with Gasteiger partial charge in [-0.25, -0.2) is 8.78 Å². The van der Waals surface area contributed by atoms with Crippen molar-refractivity contribution in [3.63, 3.8) is 0 Å². The zero-order valence-corrected chi connectivity index (χ0v) is 14.2. The predicted molar refractivity (Wildman–Crippen MR) is 83.7 cm³/mol. The number of ether oxygens (including phenoxy) is 1. The highest BCUT2D eigenvalue weighted by Crippen LogP contribution is 2.46. The van der Waals surface area contributed by atoms with Crippen LogP contribution in [0.1, 0.15) is 33.1 Å². The largest absolute Gasteiger partial charge is 0.381 e. The molecule has 3 aliphatic heterocycles. The molecule has 0 radical (unpaired) electrons. The lowest BCUT2D eigenvalue weighted by Crippen LogP contribution is -2.47. The first-order chi connectivity index (χ1) is 10.8. The van der Waals surface area contributed by atoms with Gasteiger partial charge in [-0.3, -0.25) is 9.69 Å². The van der Waals surface area contributed by atoms with Crippen molar-refractivity contribution in [3.05, 3.63) is 0 Å². The summed E-state index contributed by atoms with van der Waals surface area (Å²) in [4.78, 5) is 15.7. The lowest BCUT2D eigenvalue weighted by atomic mass is 9.93. The molecule has 3 fully saturated rings. The maximum atomic E-state index is 15.2. The SMILES string of the molecule is CC(C)CCN1C[C@@]2(F)CN(CC3CCOCC3)C(=O)[C@@]2(F)C1. The molecular formula is C17H28F2N2O2. The van der Waals surface area contributed by atoms with Crippen LogP contribution in [-0.2, 0) is 9.53 Å². The monoisotopic (exact) mass is 330 g/mol. The van der Waals surface area contributed by atoms with Gasteiger partial charge in [0.1, 0.15) is 0 Å². The van der Waals surface area contributed by atoms with E-state index in [1.54, 1.807) is 4.90 Å². The third kappa shape index (κ3) is 3.12. The average molecular weight is 330 g/mol. The number of fused-ring (bicyclic) bond motifs is 1. The second-order valence-corrected chi connectivity index (χ2v) is 7.90. The summed E-state index contributed by atoms with van der Waals surface area (Å²) in [5.41, 5.74) is -4.40. The van der Waals surface area contributed by atoms with Gasteiger partial charge in [-0.1, -0.05) is 13.8 Å². The molecule has 0 aliphatic carbocycles. The lowest BCUT2D eigenvalue weighted by Gasteiger charge is -2.28. The van der Waals surface area contributed by atoms with Crippen molar-refractivity contribution in [3.8, 4) is 0 Å². The Kier molecular flexibility index (Phi) is 4.67. The van der Waals surface area contributed by atoms with E-state index < -0.39 is 17.2 Å². The molecule has 3 saturated heterocycles. The molecule has 3 heterocycles. The molecule has 1 amide bonds. The van der Waals surface area contributed by atoms with Gasteiger partial charge in [0.15, 0.2) is 5.67 Å². The number of nitrogens with zero attached hydrogens (tertiary/aromatic N) is 2. The van der Waals surface area contributed by atoms with Gasteiger partial charge in [0, 0.05) is 32.8 Å². The highest BCUT2D eigenvalue weighted by atomic mass is 19.2.